The highest BCUT2D eigenvalue weighted by Gasteiger charge is 2.21. The number of piperidine rings is 1. The molecule has 0 spiro atoms. The number of rotatable bonds is 6. The maximum Gasteiger partial charge on any atom is 0.255 e. The van der Waals surface area contributed by atoms with Crippen molar-refractivity contribution < 1.29 is 9.59 Å². The molecular formula is C23H27ClN4O2. The summed E-state index contributed by atoms with van der Waals surface area (Å²) in [6, 6.07) is 9.87. The van der Waals surface area contributed by atoms with Crippen LogP contribution < -0.4 is 5.32 Å². The van der Waals surface area contributed by atoms with E-state index in [4.69, 9.17) is 11.6 Å². The fourth-order valence-electron chi connectivity index (χ4n) is 4.08. The van der Waals surface area contributed by atoms with Gasteiger partial charge in [0, 0.05) is 45.3 Å². The van der Waals surface area contributed by atoms with E-state index in [2.05, 4.69) is 16.4 Å². The molecule has 30 heavy (non-hydrogen) atoms. The molecule has 2 saturated heterocycles. The molecule has 7 heteroatoms. The van der Waals surface area contributed by atoms with Crippen LogP contribution in [0.1, 0.15) is 53.6 Å². The summed E-state index contributed by atoms with van der Waals surface area (Å²) in [7, 11) is 0. The molecule has 0 aliphatic carbocycles. The van der Waals surface area contributed by atoms with Gasteiger partial charge in [0.25, 0.3) is 5.91 Å². The summed E-state index contributed by atoms with van der Waals surface area (Å²) < 4.78 is 0. The monoisotopic (exact) mass is 426 g/mol. The van der Waals surface area contributed by atoms with Gasteiger partial charge in [0.05, 0.1) is 10.6 Å². The van der Waals surface area contributed by atoms with Crippen molar-refractivity contribution in [3.8, 4) is 0 Å². The number of halogens is 1. The van der Waals surface area contributed by atoms with E-state index in [0.717, 1.165) is 50.0 Å². The zero-order chi connectivity index (χ0) is 20.9. The van der Waals surface area contributed by atoms with Crippen LogP contribution in [0.5, 0.6) is 0 Å². The Morgan fingerprint density at radius 2 is 1.87 bits per heavy atom. The van der Waals surface area contributed by atoms with Crippen molar-refractivity contribution in [2.45, 2.75) is 45.2 Å². The lowest BCUT2D eigenvalue weighted by Crippen LogP contribution is -2.35. The van der Waals surface area contributed by atoms with Gasteiger partial charge in [-0.2, -0.15) is 0 Å². The minimum Gasteiger partial charge on any atom is -0.365 e. The Morgan fingerprint density at radius 3 is 2.60 bits per heavy atom. The van der Waals surface area contributed by atoms with Crippen LogP contribution in [-0.4, -0.2) is 46.2 Å². The second-order valence-corrected chi connectivity index (χ2v) is 8.41. The molecule has 2 fully saturated rings. The fraction of sp³-hybridized carbons (Fsp3) is 0.435. The number of amides is 2. The zero-order valence-electron chi connectivity index (χ0n) is 17.1. The van der Waals surface area contributed by atoms with Crippen LogP contribution in [0, 0.1) is 0 Å². The first-order valence-electron chi connectivity index (χ1n) is 10.6. The van der Waals surface area contributed by atoms with Gasteiger partial charge >= 0.3 is 0 Å². The van der Waals surface area contributed by atoms with E-state index in [9.17, 15) is 9.59 Å². The molecule has 6 nitrogen and oxygen atoms in total. The van der Waals surface area contributed by atoms with E-state index in [1.807, 2.05) is 28.0 Å². The number of aromatic nitrogens is 1. The zero-order valence-corrected chi connectivity index (χ0v) is 17.8. The summed E-state index contributed by atoms with van der Waals surface area (Å²) in [6.07, 6.45) is 6.49. The number of likely N-dealkylation sites (tertiary alicyclic amines) is 2. The van der Waals surface area contributed by atoms with Gasteiger partial charge in [0.15, 0.2) is 0 Å². The van der Waals surface area contributed by atoms with Gasteiger partial charge in [-0.15, -0.1) is 0 Å². The number of carbonyl (C=O) groups is 2. The summed E-state index contributed by atoms with van der Waals surface area (Å²) in [4.78, 5) is 32.6. The molecular weight excluding hydrogens is 400 g/mol. The smallest absolute Gasteiger partial charge is 0.255 e. The van der Waals surface area contributed by atoms with Crippen LogP contribution in [0.4, 0.5) is 5.82 Å². The SMILES string of the molecule is O=C1CCCN1Cc1cccc(CNc2ncc(C(=O)N3CCCCC3)cc2Cl)c1. The molecule has 1 N–H and O–H groups in total. The van der Waals surface area contributed by atoms with Gasteiger partial charge < -0.3 is 15.1 Å². The topological polar surface area (TPSA) is 65.5 Å². The molecule has 158 valence electrons. The first-order chi connectivity index (χ1) is 14.6. The standard InChI is InChI=1S/C23H27ClN4O2/c24-20-13-19(23(30)27-9-2-1-3-10-27)15-26-22(20)25-14-17-6-4-7-18(12-17)16-28-11-5-8-21(28)29/h4,6-7,12-13,15H,1-3,5,8-11,14,16H2,(H,25,26). The van der Waals surface area contributed by atoms with Crippen LogP contribution in [-0.2, 0) is 17.9 Å². The molecule has 4 rings (SSSR count). The summed E-state index contributed by atoms with van der Waals surface area (Å²) in [6.45, 7) is 3.65. The summed E-state index contributed by atoms with van der Waals surface area (Å²) >= 11 is 6.40. The lowest BCUT2D eigenvalue weighted by Gasteiger charge is -2.26. The lowest BCUT2D eigenvalue weighted by atomic mass is 10.1. The second kappa shape index (κ2) is 9.47. The van der Waals surface area contributed by atoms with Gasteiger partial charge in [-0.1, -0.05) is 35.9 Å². The minimum atomic E-state index is -0.000175. The van der Waals surface area contributed by atoms with Crippen LogP contribution in [0.15, 0.2) is 36.5 Å². The van der Waals surface area contributed by atoms with Crippen molar-refractivity contribution in [3.05, 3.63) is 58.2 Å². The van der Waals surface area contributed by atoms with E-state index < -0.39 is 0 Å². The van der Waals surface area contributed by atoms with Gasteiger partial charge in [-0.3, -0.25) is 9.59 Å². The Labute approximate surface area is 182 Å². The predicted octanol–water partition coefficient (Wildman–Crippen LogP) is 4.10. The van der Waals surface area contributed by atoms with Gasteiger partial charge in [-0.05, 0) is 42.9 Å². The van der Waals surface area contributed by atoms with Crippen LogP contribution >= 0.6 is 11.6 Å². The van der Waals surface area contributed by atoms with Crippen LogP contribution in [0.2, 0.25) is 5.02 Å². The second-order valence-electron chi connectivity index (χ2n) is 8.00. The lowest BCUT2D eigenvalue weighted by molar-refractivity contribution is -0.128. The first kappa shape index (κ1) is 20.7. The molecule has 2 aromatic rings. The Kier molecular flexibility index (Phi) is 6.53. The number of nitrogens with one attached hydrogen (secondary N) is 1. The number of nitrogens with zero attached hydrogens (tertiary/aromatic N) is 3. The highest BCUT2D eigenvalue weighted by Crippen LogP contribution is 2.23. The van der Waals surface area contributed by atoms with Crippen molar-refractivity contribution in [2.75, 3.05) is 25.0 Å². The van der Waals surface area contributed by atoms with Gasteiger partial charge in [0.2, 0.25) is 5.91 Å². The van der Waals surface area contributed by atoms with Crippen molar-refractivity contribution in [2.24, 2.45) is 0 Å². The van der Waals surface area contributed by atoms with Gasteiger partial charge in [0.1, 0.15) is 5.82 Å². The normalized spacial score (nSPS) is 16.8. The Hall–Kier alpha value is -2.60. The third kappa shape index (κ3) is 4.93. The first-order valence-corrected chi connectivity index (χ1v) is 11.0. The van der Waals surface area contributed by atoms with E-state index in [1.54, 1.807) is 12.3 Å². The number of anilines is 1. The molecule has 0 unspecified atom stereocenters. The van der Waals surface area contributed by atoms with Gasteiger partial charge in [-0.25, -0.2) is 4.98 Å². The maximum absolute atomic E-state index is 12.6. The molecule has 0 radical (unpaired) electrons. The van der Waals surface area contributed by atoms with E-state index in [0.29, 0.717) is 35.9 Å². The molecule has 0 bridgehead atoms. The highest BCUT2D eigenvalue weighted by molar-refractivity contribution is 6.33. The Bertz CT molecular complexity index is 927. The number of pyridine rings is 1. The summed E-state index contributed by atoms with van der Waals surface area (Å²) in [5.41, 5.74) is 2.74. The molecule has 2 aliphatic heterocycles. The number of hydrogen-bond acceptors (Lipinski definition) is 4. The molecule has 0 atom stereocenters. The maximum atomic E-state index is 12.6. The third-order valence-electron chi connectivity index (χ3n) is 5.73. The Morgan fingerprint density at radius 1 is 1.07 bits per heavy atom. The van der Waals surface area contributed by atoms with Crippen molar-refractivity contribution in [1.29, 1.82) is 0 Å². The largest absolute Gasteiger partial charge is 0.365 e. The van der Waals surface area contributed by atoms with Crippen molar-refractivity contribution in [3.63, 3.8) is 0 Å². The van der Waals surface area contributed by atoms with Crippen LogP contribution in [0.3, 0.4) is 0 Å². The third-order valence-corrected chi connectivity index (χ3v) is 6.02. The average Bonchev–Trinajstić information content (AvgIpc) is 3.17. The molecule has 1 aromatic heterocycles. The molecule has 1 aromatic carbocycles. The quantitative estimate of drug-likeness (QED) is 0.755. The summed E-state index contributed by atoms with van der Waals surface area (Å²) in [5, 5.41) is 3.70. The number of hydrogen-bond donors (Lipinski definition) is 1. The Balaban J connectivity index is 1.37. The minimum absolute atomic E-state index is 0.000175. The predicted molar refractivity (Wildman–Crippen MR) is 117 cm³/mol. The molecule has 3 heterocycles. The molecule has 0 saturated carbocycles. The van der Waals surface area contributed by atoms with E-state index >= 15 is 0 Å². The van der Waals surface area contributed by atoms with Crippen molar-refractivity contribution >= 4 is 29.2 Å². The molecule has 2 amide bonds. The number of carbonyl (C=O) groups excluding carboxylic acids is 2. The average molecular weight is 427 g/mol. The molecule has 2 aliphatic rings. The van der Waals surface area contributed by atoms with Crippen LogP contribution in [0.25, 0.3) is 0 Å². The van der Waals surface area contributed by atoms with Crippen molar-refractivity contribution in [1.82, 2.24) is 14.8 Å². The van der Waals surface area contributed by atoms with E-state index in [1.165, 1.54) is 6.42 Å². The number of benzene rings is 1. The van der Waals surface area contributed by atoms with E-state index in [-0.39, 0.29) is 11.8 Å². The fourth-order valence-corrected chi connectivity index (χ4v) is 4.31. The summed E-state index contributed by atoms with van der Waals surface area (Å²) in [5.74, 6) is 0.792. The highest BCUT2D eigenvalue weighted by atomic mass is 35.5.